The fraction of sp³-hybridized carbons (Fsp3) is 0.357. The summed E-state index contributed by atoms with van der Waals surface area (Å²) < 4.78 is 6.64. The molecule has 116 valence electrons. The smallest absolute Gasteiger partial charge is 0.240 e. The van der Waals surface area contributed by atoms with E-state index in [1.54, 1.807) is 0 Å². The number of nitrogen functional groups attached to an aromatic ring is 1. The lowest BCUT2D eigenvalue weighted by molar-refractivity contribution is -0.134. The minimum atomic E-state index is -0.397. The van der Waals surface area contributed by atoms with Crippen molar-refractivity contribution in [2.24, 2.45) is 0 Å². The first-order valence-electron chi connectivity index (χ1n) is 6.99. The van der Waals surface area contributed by atoms with E-state index in [4.69, 9.17) is 10.6 Å². The van der Waals surface area contributed by atoms with Crippen LogP contribution in [0.5, 0.6) is 0 Å². The van der Waals surface area contributed by atoms with E-state index in [1.807, 2.05) is 35.2 Å². The van der Waals surface area contributed by atoms with Gasteiger partial charge in [-0.25, -0.2) is 4.68 Å². The second-order valence-corrected chi connectivity index (χ2v) is 5.94. The number of hydrogen-bond donors (Lipinski definition) is 1. The lowest BCUT2D eigenvalue weighted by atomic mass is 10.1. The number of rotatable bonds is 4. The fourth-order valence-electron chi connectivity index (χ4n) is 2.26. The van der Waals surface area contributed by atoms with Gasteiger partial charge < -0.3 is 15.5 Å². The molecule has 1 aliphatic rings. The first-order chi connectivity index (χ1) is 10.8. The Morgan fingerprint density at radius 2 is 2.00 bits per heavy atom. The Morgan fingerprint density at radius 1 is 1.27 bits per heavy atom. The van der Waals surface area contributed by atoms with Gasteiger partial charge in [0, 0.05) is 13.1 Å². The van der Waals surface area contributed by atoms with Gasteiger partial charge >= 0.3 is 0 Å². The van der Waals surface area contributed by atoms with Gasteiger partial charge in [-0.15, -0.1) is 10.2 Å². The molecule has 1 aromatic heterocycles. The van der Waals surface area contributed by atoms with Crippen molar-refractivity contribution in [1.29, 1.82) is 0 Å². The van der Waals surface area contributed by atoms with E-state index >= 15 is 0 Å². The molecule has 1 fully saturated rings. The van der Waals surface area contributed by atoms with Crippen LogP contribution in [0.15, 0.2) is 41.8 Å². The summed E-state index contributed by atoms with van der Waals surface area (Å²) in [6.07, 6.45) is 1.42. The van der Waals surface area contributed by atoms with Crippen molar-refractivity contribution in [3.63, 3.8) is 0 Å². The summed E-state index contributed by atoms with van der Waals surface area (Å²) in [5.41, 5.74) is 0.923. The van der Waals surface area contributed by atoms with Crippen LogP contribution in [0.25, 0.3) is 0 Å². The molecule has 2 heterocycles. The van der Waals surface area contributed by atoms with Crippen molar-refractivity contribution < 1.29 is 9.53 Å². The quantitative estimate of drug-likeness (QED) is 0.659. The fourth-order valence-corrected chi connectivity index (χ4v) is 3.28. The maximum atomic E-state index is 12.9. The van der Waals surface area contributed by atoms with Crippen LogP contribution in [-0.2, 0) is 9.53 Å². The van der Waals surface area contributed by atoms with Crippen molar-refractivity contribution >= 4 is 17.7 Å². The lowest BCUT2D eigenvalue weighted by Gasteiger charge is -2.30. The number of nitrogens with two attached hydrogens (primary N) is 1. The molecule has 22 heavy (non-hydrogen) atoms. The lowest BCUT2D eigenvalue weighted by Crippen LogP contribution is -2.42. The molecule has 1 aromatic carbocycles. The van der Waals surface area contributed by atoms with Gasteiger partial charge in [0.15, 0.2) is 0 Å². The van der Waals surface area contributed by atoms with Gasteiger partial charge in [-0.3, -0.25) is 4.79 Å². The zero-order chi connectivity index (χ0) is 15.4. The maximum absolute atomic E-state index is 12.9. The number of ether oxygens (including phenoxy) is 1. The standard InChI is InChI=1S/C14H17N5O2S/c15-19-10-16-17-14(19)22-12(11-4-2-1-3-5-11)13(20)18-6-8-21-9-7-18/h1-5,10,12H,6-9,15H2/t12-/m0/s1. The number of thioether (sulfide) groups is 1. The van der Waals surface area contributed by atoms with Gasteiger partial charge in [0.1, 0.15) is 11.6 Å². The molecule has 8 heteroatoms. The Kier molecular flexibility index (Phi) is 4.59. The molecule has 2 aromatic rings. The van der Waals surface area contributed by atoms with Crippen LogP contribution >= 0.6 is 11.8 Å². The molecule has 0 unspecified atom stereocenters. The number of nitrogens with zero attached hydrogens (tertiary/aromatic N) is 4. The zero-order valence-electron chi connectivity index (χ0n) is 12.0. The van der Waals surface area contributed by atoms with Gasteiger partial charge in [0.25, 0.3) is 0 Å². The predicted molar refractivity (Wildman–Crippen MR) is 82.6 cm³/mol. The molecule has 2 N–H and O–H groups in total. The van der Waals surface area contributed by atoms with Crippen LogP contribution in [0.1, 0.15) is 10.8 Å². The number of hydrogen-bond acceptors (Lipinski definition) is 6. The second kappa shape index (κ2) is 6.80. The normalized spacial score (nSPS) is 16.5. The number of carbonyl (C=O) groups is 1. The highest BCUT2D eigenvalue weighted by atomic mass is 32.2. The van der Waals surface area contributed by atoms with Gasteiger partial charge in [0.2, 0.25) is 11.1 Å². The molecule has 7 nitrogen and oxygen atoms in total. The summed E-state index contributed by atoms with van der Waals surface area (Å²) in [7, 11) is 0. The van der Waals surface area contributed by atoms with Crippen LogP contribution in [0.2, 0.25) is 0 Å². The number of amides is 1. The molecule has 1 atom stereocenters. The second-order valence-electron chi connectivity index (χ2n) is 4.87. The van der Waals surface area contributed by atoms with E-state index in [0.29, 0.717) is 31.5 Å². The van der Waals surface area contributed by atoms with Crippen molar-refractivity contribution in [2.45, 2.75) is 10.4 Å². The summed E-state index contributed by atoms with van der Waals surface area (Å²) in [6, 6.07) is 9.64. The van der Waals surface area contributed by atoms with E-state index in [-0.39, 0.29) is 5.91 Å². The van der Waals surface area contributed by atoms with Crippen molar-refractivity contribution in [1.82, 2.24) is 19.8 Å². The Hall–Kier alpha value is -2.06. The molecule has 3 rings (SSSR count). The Labute approximate surface area is 132 Å². The monoisotopic (exact) mass is 319 g/mol. The molecule has 1 saturated heterocycles. The van der Waals surface area contributed by atoms with Crippen molar-refractivity contribution in [3.8, 4) is 0 Å². The van der Waals surface area contributed by atoms with Crippen LogP contribution in [-0.4, -0.2) is 52.0 Å². The number of carbonyl (C=O) groups excluding carboxylic acids is 1. The van der Waals surface area contributed by atoms with Gasteiger partial charge in [0.05, 0.1) is 13.2 Å². The van der Waals surface area contributed by atoms with E-state index < -0.39 is 5.25 Å². The van der Waals surface area contributed by atoms with Gasteiger partial charge in [-0.2, -0.15) is 0 Å². The molecular formula is C14H17N5O2S. The molecule has 0 aliphatic carbocycles. The average Bonchev–Trinajstić information content (AvgIpc) is 2.98. The topological polar surface area (TPSA) is 86.3 Å². The molecule has 0 saturated carbocycles. The van der Waals surface area contributed by atoms with Crippen LogP contribution in [0, 0.1) is 0 Å². The zero-order valence-corrected chi connectivity index (χ0v) is 12.8. The Morgan fingerprint density at radius 3 is 2.64 bits per heavy atom. The van der Waals surface area contributed by atoms with Crippen LogP contribution < -0.4 is 5.84 Å². The minimum absolute atomic E-state index is 0.0440. The van der Waals surface area contributed by atoms with Crippen LogP contribution in [0.4, 0.5) is 0 Å². The number of morpholine rings is 1. The summed E-state index contributed by atoms with van der Waals surface area (Å²) in [4.78, 5) is 14.7. The van der Waals surface area contributed by atoms with E-state index in [2.05, 4.69) is 10.2 Å². The average molecular weight is 319 g/mol. The summed E-state index contributed by atoms with van der Waals surface area (Å²) in [5, 5.41) is 7.84. The third-order valence-corrected chi connectivity index (χ3v) is 4.63. The summed E-state index contributed by atoms with van der Waals surface area (Å²) in [5.74, 6) is 5.82. The predicted octanol–water partition coefficient (Wildman–Crippen LogP) is 0.684. The SMILES string of the molecule is Nn1cnnc1S[C@H](C(=O)N1CCOCC1)c1ccccc1. The minimum Gasteiger partial charge on any atom is -0.378 e. The highest BCUT2D eigenvalue weighted by molar-refractivity contribution is 8.00. The largest absolute Gasteiger partial charge is 0.378 e. The van der Waals surface area contributed by atoms with Crippen LogP contribution in [0.3, 0.4) is 0 Å². The summed E-state index contributed by atoms with van der Waals surface area (Å²) in [6.45, 7) is 2.37. The van der Waals surface area contributed by atoms with E-state index in [0.717, 1.165) is 5.56 Å². The third kappa shape index (κ3) is 3.23. The molecule has 1 amide bonds. The highest BCUT2D eigenvalue weighted by Crippen LogP contribution is 2.35. The maximum Gasteiger partial charge on any atom is 0.240 e. The highest BCUT2D eigenvalue weighted by Gasteiger charge is 2.29. The van der Waals surface area contributed by atoms with Crippen molar-refractivity contribution in [3.05, 3.63) is 42.2 Å². The molecule has 0 bridgehead atoms. The Balaban J connectivity index is 1.85. The van der Waals surface area contributed by atoms with E-state index in [1.165, 1.54) is 22.8 Å². The molecule has 0 spiro atoms. The first kappa shape index (κ1) is 14.9. The van der Waals surface area contributed by atoms with E-state index in [9.17, 15) is 4.79 Å². The molecule has 1 aliphatic heterocycles. The van der Waals surface area contributed by atoms with Gasteiger partial charge in [-0.1, -0.05) is 42.1 Å². The molecular weight excluding hydrogens is 302 g/mol. The first-order valence-corrected chi connectivity index (χ1v) is 7.87. The number of benzene rings is 1. The number of aromatic nitrogens is 3. The van der Waals surface area contributed by atoms with Crippen molar-refractivity contribution in [2.75, 3.05) is 32.1 Å². The summed E-state index contributed by atoms with van der Waals surface area (Å²) >= 11 is 1.31. The van der Waals surface area contributed by atoms with Gasteiger partial charge in [-0.05, 0) is 5.56 Å². The third-order valence-electron chi connectivity index (χ3n) is 3.41. The molecule has 0 radical (unpaired) electrons. The Bertz CT molecular complexity index is 627.